The van der Waals surface area contributed by atoms with Crippen molar-refractivity contribution in [3.05, 3.63) is 47.5 Å². The Kier molecular flexibility index (Phi) is 6.03. The van der Waals surface area contributed by atoms with E-state index < -0.39 is 0 Å². The van der Waals surface area contributed by atoms with Gasteiger partial charge in [-0.1, -0.05) is 11.6 Å². The second kappa shape index (κ2) is 8.21. The number of amides is 2. The molecule has 0 bridgehead atoms. The van der Waals surface area contributed by atoms with E-state index >= 15 is 0 Å². The van der Waals surface area contributed by atoms with E-state index in [9.17, 15) is 9.59 Å². The van der Waals surface area contributed by atoms with Crippen molar-refractivity contribution in [1.29, 1.82) is 0 Å². The molecule has 24 heavy (non-hydrogen) atoms. The molecule has 0 aliphatic carbocycles. The fourth-order valence-corrected chi connectivity index (χ4v) is 2.08. The number of halogens is 1. The van der Waals surface area contributed by atoms with Gasteiger partial charge in [-0.2, -0.15) is 0 Å². The van der Waals surface area contributed by atoms with Crippen LogP contribution in [0, 0.1) is 0 Å². The van der Waals surface area contributed by atoms with E-state index in [1.165, 1.54) is 14.0 Å². The van der Waals surface area contributed by atoms with Crippen LogP contribution in [0.1, 0.15) is 6.92 Å². The molecule has 2 N–H and O–H groups in total. The first-order chi connectivity index (χ1) is 11.5. The maximum absolute atomic E-state index is 12.0. The lowest BCUT2D eigenvalue weighted by atomic mass is 10.2. The Morgan fingerprint density at radius 2 is 1.79 bits per heavy atom. The number of hydrogen-bond donors (Lipinski definition) is 2. The largest absolute Gasteiger partial charge is 0.495 e. The highest BCUT2D eigenvalue weighted by atomic mass is 35.5. The first kappa shape index (κ1) is 17.6. The summed E-state index contributed by atoms with van der Waals surface area (Å²) >= 11 is 5.79. The Morgan fingerprint density at radius 1 is 1.08 bits per heavy atom. The van der Waals surface area contributed by atoms with Crippen LogP contribution in [-0.2, 0) is 9.59 Å². The second-order valence-electron chi connectivity index (χ2n) is 4.89. The molecule has 0 saturated heterocycles. The fourth-order valence-electron chi connectivity index (χ4n) is 1.95. The summed E-state index contributed by atoms with van der Waals surface area (Å²) in [4.78, 5) is 23.2. The van der Waals surface area contributed by atoms with Gasteiger partial charge in [-0.25, -0.2) is 0 Å². The standard InChI is InChI=1S/C17H17ClN2O4/c1-11(21)19-13-5-8-16(23-2)15(9-13)20-17(22)10-24-14-6-3-12(18)4-7-14/h3-9H,10H2,1-2H3,(H,19,21)(H,20,22). The van der Waals surface area contributed by atoms with Gasteiger partial charge in [-0.3, -0.25) is 9.59 Å². The molecule has 126 valence electrons. The highest BCUT2D eigenvalue weighted by Gasteiger charge is 2.10. The zero-order valence-electron chi connectivity index (χ0n) is 13.3. The Labute approximate surface area is 144 Å². The lowest BCUT2D eigenvalue weighted by Gasteiger charge is -2.13. The minimum absolute atomic E-state index is 0.171. The van der Waals surface area contributed by atoms with Crippen molar-refractivity contribution in [3.63, 3.8) is 0 Å². The lowest BCUT2D eigenvalue weighted by molar-refractivity contribution is -0.118. The SMILES string of the molecule is COc1ccc(NC(C)=O)cc1NC(=O)COc1ccc(Cl)cc1. The number of ether oxygens (including phenoxy) is 2. The molecule has 0 unspecified atom stereocenters. The summed E-state index contributed by atoms with van der Waals surface area (Å²) in [6.07, 6.45) is 0. The van der Waals surface area contributed by atoms with Gasteiger partial charge in [-0.05, 0) is 42.5 Å². The topological polar surface area (TPSA) is 76.7 Å². The minimum atomic E-state index is -0.358. The average molecular weight is 349 g/mol. The number of hydrogen-bond acceptors (Lipinski definition) is 4. The zero-order valence-corrected chi connectivity index (χ0v) is 14.0. The summed E-state index contributed by atoms with van der Waals surface area (Å²) in [6, 6.07) is 11.6. The Morgan fingerprint density at radius 3 is 2.42 bits per heavy atom. The molecule has 0 fully saturated rings. The third kappa shape index (κ3) is 5.17. The summed E-state index contributed by atoms with van der Waals surface area (Å²) in [7, 11) is 1.49. The number of anilines is 2. The third-order valence-electron chi connectivity index (χ3n) is 2.98. The molecule has 0 aliphatic heterocycles. The van der Waals surface area contributed by atoms with Crippen LogP contribution in [0.3, 0.4) is 0 Å². The predicted octanol–water partition coefficient (Wildman–Crippen LogP) is 3.32. The Hall–Kier alpha value is -2.73. The van der Waals surface area contributed by atoms with Crippen LogP contribution in [-0.4, -0.2) is 25.5 Å². The Bertz CT molecular complexity index is 732. The van der Waals surface area contributed by atoms with Crippen molar-refractivity contribution in [1.82, 2.24) is 0 Å². The normalized spacial score (nSPS) is 9.96. The van der Waals surface area contributed by atoms with Gasteiger partial charge < -0.3 is 20.1 Å². The monoisotopic (exact) mass is 348 g/mol. The highest BCUT2D eigenvalue weighted by molar-refractivity contribution is 6.30. The molecule has 2 rings (SSSR count). The summed E-state index contributed by atoms with van der Waals surface area (Å²) in [5, 5.41) is 5.92. The van der Waals surface area contributed by atoms with E-state index in [2.05, 4.69) is 10.6 Å². The predicted molar refractivity (Wildman–Crippen MR) is 92.9 cm³/mol. The lowest BCUT2D eigenvalue weighted by Crippen LogP contribution is -2.20. The van der Waals surface area contributed by atoms with Crippen molar-refractivity contribution in [2.45, 2.75) is 6.92 Å². The van der Waals surface area contributed by atoms with Gasteiger partial charge in [0.25, 0.3) is 5.91 Å². The molecule has 2 aromatic carbocycles. The van der Waals surface area contributed by atoms with Gasteiger partial charge in [0.1, 0.15) is 11.5 Å². The molecule has 6 nitrogen and oxygen atoms in total. The van der Waals surface area contributed by atoms with Crippen molar-refractivity contribution in [2.24, 2.45) is 0 Å². The summed E-state index contributed by atoms with van der Waals surface area (Å²) in [6.45, 7) is 1.23. The minimum Gasteiger partial charge on any atom is -0.495 e. The maximum atomic E-state index is 12.0. The molecule has 7 heteroatoms. The zero-order chi connectivity index (χ0) is 17.5. The van der Waals surface area contributed by atoms with Crippen LogP contribution in [0.4, 0.5) is 11.4 Å². The van der Waals surface area contributed by atoms with Gasteiger partial charge in [0, 0.05) is 17.6 Å². The molecule has 0 radical (unpaired) electrons. The maximum Gasteiger partial charge on any atom is 0.262 e. The van der Waals surface area contributed by atoms with E-state index in [4.69, 9.17) is 21.1 Å². The molecular formula is C17H17ClN2O4. The smallest absolute Gasteiger partial charge is 0.262 e. The summed E-state index contributed by atoms with van der Waals surface area (Å²) < 4.78 is 10.6. The quantitative estimate of drug-likeness (QED) is 0.839. The van der Waals surface area contributed by atoms with E-state index in [-0.39, 0.29) is 18.4 Å². The average Bonchev–Trinajstić information content (AvgIpc) is 2.54. The van der Waals surface area contributed by atoms with Gasteiger partial charge in [0.05, 0.1) is 12.8 Å². The van der Waals surface area contributed by atoms with Crippen molar-refractivity contribution < 1.29 is 19.1 Å². The molecule has 0 spiro atoms. The highest BCUT2D eigenvalue weighted by Crippen LogP contribution is 2.27. The van der Waals surface area contributed by atoms with Crippen molar-refractivity contribution >= 4 is 34.8 Å². The summed E-state index contributed by atoms with van der Waals surface area (Å²) in [5.41, 5.74) is 0.991. The molecule has 2 aromatic rings. The second-order valence-corrected chi connectivity index (χ2v) is 5.32. The Balaban J connectivity index is 2.01. The van der Waals surface area contributed by atoms with Crippen molar-refractivity contribution in [2.75, 3.05) is 24.4 Å². The van der Waals surface area contributed by atoms with E-state index in [0.717, 1.165) is 0 Å². The van der Waals surface area contributed by atoms with Gasteiger partial charge in [0.15, 0.2) is 6.61 Å². The van der Waals surface area contributed by atoms with Crippen LogP contribution in [0.2, 0.25) is 5.02 Å². The molecule has 0 atom stereocenters. The molecule has 0 heterocycles. The molecular weight excluding hydrogens is 332 g/mol. The molecule has 0 aromatic heterocycles. The third-order valence-corrected chi connectivity index (χ3v) is 3.23. The van der Waals surface area contributed by atoms with Crippen LogP contribution >= 0.6 is 11.6 Å². The molecule has 0 aliphatic rings. The first-order valence-corrected chi connectivity index (χ1v) is 7.49. The van der Waals surface area contributed by atoms with E-state index in [1.54, 1.807) is 42.5 Å². The van der Waals surface area contributed by atoms with Gasteiger partial charge in [0.2, 0.25) is 5.91 Å². The summed E-state index contributed by atoms with van der Waals surface area (Å²) in [5.74, 6) is 0.448. The fraction of sp³-hybridized carbons (Fsp3) is 0.176. The van der Waals surface area contributed by atoms with Gasteiger partial charge in [-0.15, -0.1) is 0 Å². The molecule has 2 amide bonds. The number of carbonyl (C=O) groups is 2. The van der Waals surface area contributed by atoms with Crippen LogP contribution < -0.4 is 20.1 Å². The van der Waals surface area contributed by atoms with Crippen LogP contribution in [0.15, 0.2) is 42.5 Å². The van der Waals surface area contributed by atoms with E-state index in [0.29, 0.717) is 27.9 Å². The molecule has 0 saturated carbocycles. The first-order valence-electron chi connectivity index (χ1n) is 7.12. The van der Waals surface area contributed by atoms with Gasteiger partial charge >= 0.3 is 0 Å². The van der Waals surface area contributed by atoms with E-state index in [1.807, 2.05) is 0 Å². The number of carbonyl (C=O) groups excluding carboxylic acids is 2. The number of benzene rings is 2. The van der Waals surface area contributed by atoms with Crippen LogP contribution in [0.25, 0.3) is 0 Å². The number of methoxy groups -OCH3 is 1. The number of nitrogens with one attached hydrogen (secondary N) is 2. The van der Waals surface area contributed by atoms with Crippen molar-refractivity contribution in [3.8, 4) is 11.5 Å². The number of rotatable bonds is 6. The van der Waals surface area contributed by atoms with Crippen LogP contribution in [0.5, 0.6) is 11.5 Å².